The fourth-order valence-corrected chi connectivity index (χ4v) is 4.93. The largest absolute Gasteiger partial charge is 0.491 e. The molecule has 0 radical (unpaired) electrons. The first-order chi connectivity index (χ1) is 16.5. The lowest BCUT2D eigenvalue weighted by Crippen LogP contribution is -2.40. The van der Waals surface area contributed by atoms with Crippen molar-refractivity contribution in [1.82, 2.24) is 15.2 Å². The summed E-state index contributed by atoms with van der Waals surface area (Å²) in [5.74, 6) is 1.56. The molecule has 2 saturated carbocycles. The van der Waals surface area contributed by atoms with Gasteiger partial charge in [-0.1, -0.05) is 38.3 Å². The van der Waals surface area contributed by atoms with Gasteiger partial charge >= 0.3 is 6.09 Å². The van der Waals surface area contributed by atoms with Crippen LogP contribution in [0.4, 0.5) is 4.79 Å². The van der Waals surface area contributed by atoms with Gasteiger partial charge in [-0.3, -0.25) is 4.79 Å². The van der Waals surface area contributed by atoms with Crippen LogP contribution in [0.3, 0.4) is 0 Å². The third kappa shape index (κ3) is 5.30. The van der Waals surface area contributed by atoms with Gasteiger partial charge in [-0.05, 0) is 38.2 Å². The highest BCUT2D eigenvalue weighted by molar-refractivity contribution is 5.90. The summed E-state index contributed by atoms with van der Waals surface area (Å²) in [4.78, 5) is 28.5. The number of ether oxygens (including phenoxy) is 1. The lowest BCUT2D eigenvalue weighted by molar-refractivity contribution is -0.137. The molecular weight excluding hydrogens is 432 g/mol. The zero-order chi connectivity index (χ0) is 24.1. The topological polar surface area (TPSA) is 118 Å². The molecule has 0 spiro atoms. The van der Waals surface area contributed by atoms with E-state index in [-0.39, 0.29) is 5.92 Å². The zero-order valence-electron chi connectivity index (χ0n) is 19.9. The highest BCUT2D eigenvalue weighted by Gasteiger charge is 2.44. The molecule has 2 aliphatic carbocycles. The Morgan fingerprint density at radius 2 is 2.06 bits per heavy atom. The third-order valence-corrected chi connectivity index (χ3v) is 7.01. The number of rotatable bonds is 5. The number of H-pyrrole nitrogens is 1. The molecular formula is C26H34N4O4. The van der Waals surface area contributed by atoms with Gasteiger partial charge in [0.1, 0.15) is 11.3 Å². The van der Waals surface area contributed by atoms with Crippen molar-refractivity contribution in [1.29, 1.82) is 5.26 Å². The molecule has 3 aliphatic rings. The van der Waals surface area contributed by atoms with Crippen LogP contribution in [-0.2, 0) is 17.8 Å². The third-order valence-electron chi connectivity index (χ3n) is 7.01. The number of aromatic amines is 1. The minimum absolute atomic E-state index is 0.254. The monoisotopic (exact) mass is 466 g/mol. The predicted molar refractivity (Wildman–Crippen MR) is 129 cm³/mol. The second-order valence-corrected chi connectivity index (χ2v) is 9.58. The average Bonchev–Trinajstić information content (AvgIpc) is 3.53. The minimum atomic E-state index is -1.12. The number of carbonyl (C=O) groups is 2. The molecule has 0 atom stereocenters. The molecule has 0 bridgehead atoms. The molecule has 1 aliphatic heterocycles. The van der Waals surface area contributed by atoms with Gasteiger partial charge in [0, 0.05) is 42.1 Å². The first-order valence-corrected chi connectivity index (χ1v) is 12.4. The number of hydrogen-bond acceptors (Lipinski definition) is 4. The summed E-state index contributed by atoms with van der Waals surface area (Å²) in [5, 5.41) is 19.8. The Labute approximate surface area is 200 Å². The molecule has 2 amide bonds. The first-order valence-electron chi connectivity index (χ1n) is 12.4. The average molecular weight is 467 g/mol. The van der Waals surface area contributed by atoms with Crippen LogP contribution in [0.1, 0.15) is 69.5 Å². The maximum Gasteiger partial charge on any atom is 0.405 e. The zero-order valence-corrected chi connectivity index (χ0v) is 19.9. The highest BCUT2D eigenvalue weighted by Crippen LogP contribution is 2.35. The molecule has 0 unspecified atom stereocenters. The van der Waals surface area contributed by atoms with Crippen molar-refractivity contribution in [2.75, 3.05) is 13.2 Å². The second kappa shape index (κ2) is 10.4. The summed E-state index contributed by atoms with van der Waals surface area (Å²) in [7, 11) is 0. The first kappa shape index (κ1) is 23.9. The van der Waals surface area contributed by atoms with Crippen molar-refractivity contribution >= 4 is 22.9 Å². The Bertz CT molecular complexity index is 1080. The number of nitrogens with zero attached hydrogens (tertiary/aromatic N) is 2. The van der Waals surface area contributed by atoms with Crippen molar-refractivity contribution < 1.29 is 19.4 Å². The van der Waals surface area contributed by atoms with Gasteiger partial charge in [0.05, 0.1) is 18.2 Å². The summed E-state index contributed by atoms with van der Waals surface area (Å²) < 4.78 is 5.90. The Morgan fingerprint density at radius 3 is 2.68 bits per heavy atom. The summed E-state index contributed by atoms with van der Waals surface area (Å²) in [6.45, 7) is 4.42. The van der Waals surface area contributed by atoms with Gasteiger partial charge in [0.25, 0.3) is 0 Å². The van der Waals surface area contributed by atoms with Gasteiger partial charge in [-0.25, -0.2) is 4.79 Å². The van der Waals surface area contributed by atoms with E-state index in [1.165, 1.54) is 35.9 Å². The van der Waals surface area contributed by atoms with Gasteiger partial charge in [0.2, 0.25) is 5.91 Å². The van der Waals surface area contributed by atoms with Gasteiger partial charge in [-0.2, -0.15) is 5.26 Å². The van der Waals surface area contributed by atoms with E-state index >= 15 is 0 Å². The maximum absolute atomic E-state index is 12.9. The number of aromatic nitrogens is 1. The number of para-hydroxylation sites is 1. The van der Waals surface area contributed by atoms with E-state index in [1.807, 2.05) is 12.1 Å². The molecule has 2 aromatic rings. The van der Waals surface area contributed by atoms with Crippen molar-refractivity contribution in [3.63, 3.8) is 0 Å². The van der Waals surface area contributed by atoms with Crippen molar-refractivity contribution in [2.24, 2.45) is 5.92 Å². The number of benzene rings is 1. The van der Waals surface area contributed by atoms with Gasteiger partial charge in [0.15, 0.2) is 0 Å². The van der Waals surface area contributed by atoms with Crippen LogP contribution in [0.25, 0.3) is 10.9 Å². The fraction of sp³-hybridized carbons (Fsp3) is 0.577. The standard InChI is InChI=1S/C21H28N2O2.C5H6N2O2/c1-2-13-25-19-10-6-9-16-17-14-23(12-11-18(17)22-20(16)19)21(24)15-7-4-3-5-8-15;6-3-5(1-2-5)7-4(8)9/h6,9-10,15,22H,2-5,7-8,11-14H2,1H3;7H,1-2H2,(H,8,9). The molecule has 5 rings (SSSR count). The molecule has 3 N–H and O–H groups in total. The van der Waals surface area contributed by atoms with Gasteiger partial charge in [-0.15, -0.1) is 0 Å². The lowest BCUT2D eigenvalue weighted by Gasteiger charge is -2.32. The van der Waals surface area contributed by atoms with E-state index in [9.17, 15) is 9.59 Å². The van der Waals surface area contributed by atoms with Crippen molar-refractivity contribution in [3.05, 3.63) is 29.5 Å². The summed E-state index contributed by atoms with van der Waals surface area (Å²) >= 11 is 0. The van der Waals surface area contributed by atoms with Crippen LogP contribution in [0.5, 0.6) is 5.75 Å². The minimum Gasteiger partial charge on any atom is -0.491 e. The Balaban J connectivity index is 0.000000257. The molecule has 182 valence electrons. The van der Waals surface area contributed by atoms with E-state index in [0.717, 1.165) is 56.6 Å². The Hall–Kier alpha value is -3.21. The van der Waals surface area contributed by atoms with Crippen molar-refractivity contribution in [2.45, 2.75) is 76.8 Å². The maximum atomic E-state index is 12.9. The summed E-state index contributed by atoms with van der Waals surface area (Å²) in [5.41, 5.74) is 2.92. The molecule has 1 aromatic heterocycles. The SMILES string of the molecule is CCCOc1cccc2c3c([nH]c12)CCN(C(=O)C1CCCCC1)C3.N#CC1(NC(=O)O)CC1. The van der Waals surface area contributed by atoms with Crippen LogP contribution in [0.2, 0.25) is 0 Å². The quantitative estimate of drug-likeness (QED) is 0.589. The van der Waals surface area contributed by atoms with Crippen LogP contribution in [-0.4, -0.2) is 45.7 Å². The Kier molecular flexibility index (Phi) is 7.30. The van der Waals surface area contributed by atoms with Crippen LogP contribution in [0.15, 0.2) is 18.2 Å². The molecule has 2 fully saturated rings. The number of carbonyl (C=O) groups excluding carboxylic acids is 1. The molecule has 2 heterocycles. The lowest BCUT2D eigenvalue weighted by atomic mass is 9.87. The smallest absolute Gasteiger partial charge is 0.405 e. The fourth-order valence-electron chi connectivity index (χ4n) is 4.93. The summed E-state index contributed by atoms with van der Waals surface area (Å²) in [6, 6.07) is 8.13. The normalized spacial score (nSPS) is 18.8. The van der Waals surface area contributed by atoms with Crippen LogP contribution in [0, 0.1) is 17.2 Å². The van der Waals surface area contributed by atoms with E-state index in [4.69, 9.17) is 15.1 Å². The Morgan fingerprint density at radius 1 is 1.29 bits per heavy atom. The molecule has 0 saturated heterocycles. The van der Waals surface area contributed by atoms with Crippen LogP contribution >= 0.6 is 0 Å². The van der Waals surface area contributed by atoms with E-state index < -0.39 is 11.6 Å². The molecule has 8 heteroatoms. The molecule has 1 aromatic carbocycles. The van der Waals surface area contributed by atoms with E-state index in [2.05, 4.69) is 34.3 Å². The molecule has 8 nitrogen and oxygen atoms in total. The number of amides is 2. The predicted octanol–water partition coefficient (Wildman–Crippen LogP) is 4.73. The number of nitrogens with one attached hydrogen (secondary N) is 2. The number of carboxylic acid groups (broad SMARTS) is 1. The van der Waals surface area contributed by atoms with Crippen molar-refractivity contribution in [3.8, 4) is 11.8 Å². The summed E-state index contributed by atoms with van der Waals surface area (Å²) in [6.07, 6.45) is 7.95. The van der Waals surface area contributed by atoms with Gasteiger partial charge < -0.3 is 25.0 Å². The second-order valence-electron chi connectivity index (χ2n) is 9.58. The van der Waals surface area contributed by atoms with Crippen LogP contribution < -0.4 is 10.1 Å². The number of hydrogen-bond donors (Lipinski definition) is 3. The number of nitriles is 1. The number of fused-ring (bicyclic) bond motifs is 3. The van der Waals surface area contributed by atoms with E-state index in [1.54, 1.807) is 0 Å². The highest BCUT2D eigenvalue weighted by atomic mass is 16.5. The van der Waals surface area contributed by atoms with E-state index in [0.29, 0.717) is 18.7 Å². The molecule has 34 heavy (non-hydrogen) atoms.